The molecule has 4 aromatic rings. The number of halogens is 3. The number of aromatic amines is 1. The first-order chi connectivity index (χ1) is 11.9. The third-order valence-corrected chi connectivity index (χ3v) is 4.00. The summed E-state index contributed by atoms with van der Waals surface area (Å²) in [6.07, 6.45) is 2.55. The molecule has 0 aliphatic rings. The van der Waals surface area contributed by atoms with Crippen LogP contribution < -0.4 is 0 Å². The number of rotatable bonds is 2. The van der Waals surface area contributed by atoms with Crippen molar-refractivity contribution in [1.82, 2.24) is 19.7 Å². The van der Waals surface area contributed by atoms with Gasteiger partial charge in [-0.05, 0) is 42.8 Å². The lowest BCUT2D eigenvalue weighted by Crippen LogP contribution is -2.03. The number of benzene rings is 1. The van der Waals surface area contributed by atoms with Crippen molar-refractivity contribution >= 4 is 10.9 Å². The van der Waals surface area contributed by atoms with Gasteiger partial charge in [-0.1, -0.05) is 0 Å². The van der Waals surface area contributed by atoms with Crippen molar-refractivity contribution < 1.29 is 13.2 Å². The number of hydrogen-bond acceptors (Lipinski definition) is 2. The van der Waals surface area contributed by atoms with E-state index in [9.17, 15) is 13.2 Å². The summed E-state index contributed by atoms with van der Waals surface area (Å²) in [6.45, 7) is 1.93. The SMILES string of the molecule is Cc1cnn(-c2cnccc2-c2cc3cc(C(F)(F)F)ccc3[nH]2)c1. The van der Waals surface area contributed by atoms with Crippen LogP contribution in [0, 0.1) is 6.92 Å². The Balaban J connectivity index is 1.85. The van der Waals surface area contributed by atoms with Crippen molar-refractivity contribution in [3.05, 3.63) is 66.2 Å². The molecular weight excluding hydrogens is 329 g/mol. The van der Waals surface area contributed by atoms with Gasteiger partial charge in [0.25, 0.3) is 0 Å². The van der Waals surface area contributed by atoms with E-state index in [0.29, 0.717) is 16.6 Å². The lowest BCUT2D eigenvalue weighted by molar-refractivity contribution is -0.137. The molecule has 4 rings (SSSR count). The zero-order valence-corrected chi connectivity index (χ0v) is 13.2. The average Bonchev–Trinajstić information content (AvgIpc) is 3.19. The molecule has 7 heteroatoms. The summed E-state index contributed by atoms with van der Waals surface area (Å²) in [5.41, 5.74) is 3.24. The maximum absolute atomic E-state index is 12.9. The monoisotopic (exact) mass is 342 g/mol. The average molecular weight is 342 g/mol. The highest BCUT2D eigenvalue weighted by molar-refractivity contribution is 5.88. The molecule has 3 aromatic heterocycles. The smallest absolute Gasteiger partial charge is 0.354 e. The van der Waals surface area contributed by atoms with Crippen LogP contribution in [-0.4, -0.2) is 19.7 Å². The van der Waals surface area contributed by atoms with Crippen LogP contribution >= 0.6 is 0 Å². The normalized spacial score (nSPS) is 12.0. The number of aromatic nitrogens is 4. The Bertz CT molecular complexity index is 1060. The number of H-pyrrole nitrogens is 1. The van der Waals surface area contributed by atoms with Crippen LogP contribution in [0.3, 0.4) is 0 Å². The number of pyridine rings is 1. The minimum atomic E-state index is -4.36. The van der Waals surface area contributed by atoms with Crippen LogP contribution in [0.2, 0.25) is 0 Å². The van der Waals surface area contributed by atoms with Gasteiger partial charge in [0.1, 0.15) is 0 Å². The molecule has 4 nitrogen and oxygen atoms in total. The van der Waals surface area contributed by atoms with Crippen molar-refractivity contribution in [2.24, 2.45) is 0 Å². The molecule has 0 unspecified atom stereocenters. The van der Waals surface area contributed by atoms with Gasteiger partial charge in [0.15, 0.2) is 0 Å². The van der Waals surface area contributed by atoms with E-state index < -0.39 is 11.7 Å². The summed E-state index contributed by atoms with van der Waals surface area (Å²) < 4.78 is 40.4. The molecule has 0 saturated heterocycles. The van der Waals surface area contributed by atoms with Crippen molar-refractivity contribution in [2.45, 2.75) is 13.1 Å². The van der Waals surface area contributed by atoms with Crippen LogP contribution in [0.25, 0.3) is 27.8 Å². The van der Waals surface area contributed by atoms with Crippen LogP contribution in [-0.2, 0) is 6.18 Å². The van der Waals surface area contributed by atoms with Crippen molar-refractivity contribution in [2.75, 3.05) is 0 Å². The highest BCUT2D eigenvalue weighted by Gasteiger charge is 2.30. The predicted molar refractivity (Wildman–Crippen MR) is 88.4 cm³/mol. The first-order valence-electron chi connectivity index (χ1n) is 7.58. The second-order valence-electron chi connectivity index (χ2n) is 5.84. The molecule has 0 fully saturated rings. The van der Waals surface area contributed by atoms with Gasteiger partial charge >= 0.3 is 6.18 Å². The van der Waals surface area contributed by atoms with E-state index in [4.69, 9.17) is 0 Å². The minimum absolute atomic E-state index is 0.504. The number of hydrogen-bond donors (Lipinski definition) is 1. The molecule has 0 spiro atoms. The fourth-order valence-electron chi connectivity index (χ4n) is 2.80. The molecule has 1 N–H and O–H groups in total. The first kappa shape index (κ1) is 15.4. The second-order valence-corrected chi connectivity index (χ2v) is 5.84. The standard InChI is InChI=1S/C18H13F3N4/c1-11-8-23-25(10-11)17-9-22-5-4-14(17)16-7-12-6-13(18(19,20)21)2-3-15(12)24-16/h2-10,24H,1H3. The van der Waals surface area contributed by atoms with E-state index >= 15 is 0 Å². The van der Waals surface area contributed by atoms with E-state index in [1.807, 2.05) is 19.2 Å². The first-order valence-corrected chi connectivity index (χ1v) is 7.58. The molecule has 0 aliphatic heterocycles. The molecule has 0 radical (unpaired) electrons. The second kappa shape index (κ2) is 5.47. The molecule has 25 heavy (non-hydrogen) atoms. The maximum atomic E-state index is 12.9. The molecule has 0 saturated carbocycles. The number of nitrogens with one attached hydrogen (secondary N) is 1. The van der Waals surface area contributed by atoms with Gasteiger partial charge in [-0.2, -0.15) is 18.3 Å². The third kappa shape index (κ3) is 2.77. The number of fused-ring (bicyclic) bond motifs is 1. The predicted octanol–water partition coefficient (Wildman–Crippen LogP) is 4.74. The topological polar surface area (TPSA) is 46.5 Å². The van der Waals surface area contributed by atoms with Gasteiger partial charge in [-0.25, -0.2) is 4.68 Å². The Morgan fingerprint density at radius 1 is 1.08 bits per heavy atom. The van der Waals surface area contributed by atoms with Crippen molar-refractivity contribution in [1.29, 1.82) is 0 Å². The Morgan fingerprint density at radius 2 is 1.92 bits per heavy atom. The molecule has 1 aromatic carbocycles. The zero-order valence-electron chi connectivity index (χ0n) is 13.2. The lowest BCUT2D eigenvalue weighted by Gasteiger charge is -2.07. The Hall–Kier alpha value is -3.09. The maximum Gasteiger partial charge on any atom is 0.416 e. The Labute approximate surface area is 140 Å². The summed E-state index contributed by atoms with van der Waals surface area (Å²) >= 11 is 0. The van der Waals surface area contributed by atoms with Crippen molar-refractivity contribution in [3.8, 4) is 16.9 Å². The van der Waals surface area contributed by atoms with Gasteiger partial charge in [0.2, 0.25) is 0 Å². The van der Waals surface area contributed by atoms with Crippen LogP contribution in [0.4, 0.5) is 13.2 Å². The summed E-state index contributed by atoms with van der Waals surface area (Å²) in [5.74, 6) is 0. The number of aryl methyl sites for hydroxylation is 1. The quantitative estimate of drug-likeness (QED) is 0.572. The van der Waals surface area contributed by atoms with E-state index in [-0.39, 0.29) is 0 Å². The van der Waals surface area contributed by atoms with E-state index in [1.54, 1.807) is 29.3 Å². The number of alkyl halides is 3. The fraction of sp³-hybridized carbons (Fsp3) is 0.111. The van der Waals surface area contributed by atoms with Gasteiger partial charge < -0.3 is 4.98 Å². The molecule has 0 amide bonds. The number of nitrogens with zero attached hydrogens (tertiary/aromatic N) is 3. The molecule has 0 aliphatic carbocycles. The van der Waals surface area contributed by atoms with Gasteiger partial charge in [0, 0.05) is 34.6 Å². The Kier molecular flexibility index (Phi) is 3.38. The van der Waals surface area contributed by atoms with Crippen LogP contribution in [0.1, 0.15) is 11.1 Å². The van der Waals surface area contributed by atoms with E-state index in [2.05, 4.69) is 15.1 Å². The largest absolute Gasteiger partial charge is 0.416 e. The molecular formula is C18H13F3N4. The van der Waals surface area contributed by atoms with Crippen molar-refractivity contribution in [3.63, 3.8) is 0 Å². The highest BCUT2D eigenvalue weighted by Crippen LogP contribution is 2.34. The lowest BCUT2D eigenvalue weighted by atomic mass is 10.1. The fourth-order valence-corrected chi connectivity index (χ4v) is 2.80. The van der Waals surface area contributed by atoms with Gasteiger partial charge in [-0.15, -0.1) is 0 Å². The summed E-state index contributed by atoms with van der Waals surface area (Å²) in [5, 5.41) is 4.79. The third-order valence-electron chi connectivity index (χ3n) is 4.00. The summed E-state index contributed by atoms with van der Waals surface area (Å²) in [4.78, 5) is 7.30. The van der Waals surface area contributed by atoms with E-state index in [1.165, 1.54) is 6.07 Å². The Morgan fingerprint density at radius 3 is 2.64 bits per heavy atom. The van der Waals surface area contributed by atoms with Gasteiger partial charge in [-0.3, -0.25) is 4.98 Å². The van der Waals surface area contributed by atoms with Crippen LogP contribution in [0.5, 0.6) is 0 Å². The van der Waals surface area contributed by atoms with E-state index in [0.717, 1.165) is 28.9 Å². The minimum Gasteiger partial charge on any atom is -0.354 e. The van der Waals surface area contributed by atoms with Crippen LogP contribution in [0.15, 0.2) is 55.1 Å². The molecule has 0 bridgehead atoms. The summed E-state index contributed by atoms with van der Waals surface area (Å²) in [6, 6.07) is 7.18. The molecule has 126 valence electrons. The summed E-state index contributed by atoms with van der Waals surface area (Å²) in [7, 11) is 0. The highest BCUT2D eigenvalue weighted by atomic mass is 19.4. The molecule has 0 atom stereocenters. The zero-order chi connectivity index (χ0) is 17.6. The molecule has 3 heterocycles. The van der Waals surface area contributed by atoms with Gasteiger partial charge in [0.05, 0.1) is 23.6 Å².